The van der Waals surface area contributed by atoms with Gasteiger partial charge in [-0.15, -0.1) is 11.3 Å². The highest BCUT2D eigenvalue weighted by atomic mass is 32.1. The van der Waals surface area contributed by atoms with Crippen LogP contribution < -0.4 is 4.74 Å². The number of nitrogens with zero attached hydrogens (tertiary/aromatic N) is 3. The second kappa shape index (κ2) is 11.1. The highest BCUT2D eigenvalue weighted by Gasteiger charge is 2.23. The molecule has 1 fully saturated rings. The van der Waals surface area contributed by atoms with Crippen LogP contribution >= 0.6 is 11.3 Å². The van der Waals surface area contributed by atoms with Crippen molar-refractivity contribution in [1.82, 2.24) is 14.8 Å². The van der Waals surface area contributed by atoms with Gasteiger partial charge in [0, 0.05) is 43.5 Å². The summed E-state index contributed by atoms with van der Waals surface area (Å²) >= 11 is 1.65. The van der Waals surface area contributed by atoms with Crippen molar-refractivity contribution >= 4 is 34.1 Å². The van der Waals surface area contributed by atoms with E-state index in [1.54, 1.807) is 24.5 Å². The zero-order valence-corrected chi connectivity index (χ0v) is 22.1. The first kappa shape index (κ1) is 25.0. The normalized spacial score (nSPS) is 13.4. The van der Waals surface area contributed by atoms with E-state index in [-0.39, 0.29) is 11.8 Å². The van der Waals surface area contributed by atoms with Gasteiger partial charge >= 0.3 is 0 Å². The summed E-state index contributed by atoms with van der Waals surface area (Å²) in [6.07, 6.45) is 2.26. The van der Waals surface area contributed by atoms with E-state index in [1.165, 1.54) is 5.56 Å². The molecule has 0 spiro atoms. The summed E-state index contributed by atoms with van der Waals surface area (Å²) in [5, 5.41) is 3.11. The molecule has 0 bridgehead atoms. The molecule has 0 N–H and O–H groups in total. The molecule has 7 heteroatoms. The largest absolute Gasteiger partial charge is 0.497 e. The number of hydrogen-bond donors (Lipinski definition) is 0. The van der Waals surface area contributed by atoms with Crippen molar-refractivity contribution in [1.29, 1.82) is 0 Å². The van der Waals surface area contributed by atoms with Crippen molar-refractivity contribution in [2.45, 2.75) is 32.7 Å². The molecule has 2 aromatic carbocycles. The van der Waals surface area contributed by atoms with Crippen LogP contribution in [0.4, 0.5) is 0 Å². The number of likely N-dealkylation sites (tertiary alicyclic amines) is 1. The molecule has 6 nitrogen and oxygen atoms in total. The van der Waals surface area contributed by atoms with E-state index in [1.807, 2.05) is 39.4 Å². The van der Waals surface area contributed by atoms with Crippen LogP contribution in [0.25, 0.3) is 21.5 Å². The van der Waals surface area contributed by atoms with Crippen LogP contribution in [0.3, 0.4) is 0 Å². The standard InChI is InChI=1S/C30H31N3O3S/c1-21-11-12-26-23(17-21)18-24(29(31-26)27-9-5-16-37-27)20-33(15-6-14-32-13-4-10-28(32)34)30(35)22-7-3-8-25(19-22)36-2/h3,5,7-9,11-12,16-19H,4,6,10,13-15,20H2,1-2H3. The van der Waals surface area contributed by atoms with E-state index >= 15 is 0 Å². The summed E-state index contributed by atoms with van der Waals surface area (Å²) in [6, 6.07) is 19.8. The first-order valence-electron chi connectivity index (χ1n) is 12.7. The highest BCUT2D eigenvalue weighted by molar-refractivity contribution is 7.13. The van der Waals surface area contributed by atoms with Crippen molar-refractivity contribution in [3.05, 3.63) is 82.7 Å². The second-order valence-electron chi connectivity index (χ2n) is 9.47. The summed E-state index contributed by atoms with van der Waals surface area (Å²) < 4.78 is 5.37. The number of fused-ring (bicyclic) bond motifs is 1. The summed E-state index contributed by atoms with van der Waals surface area (Å²) in [4.78, 5) is 35.8. The van der Waals surface area contributed by atoms with E-state index in [0.29, 0.717) is 37.4 Å². The predicted octanol–water partition coefficient (Wildman–Crippen LogP) is 5.94. The molecule has 3 heterocycles. The lowest BCUT2D eigenvalue weighted by atomic mass is 10.0. The third kappa shape index (κ3) is 5.67. The molecule has 4 aromatic rings. The fourth-order valence-corrected chi connectivity index (χ4v) is 5.63. The van der Waals surface area contributed by atoms with Crippen LogP contribution in [0.15, 0.2) is 66.0 Å². The minimum atomic E-state index is -0.0619. The van der Waals surface area contributed by atoms with Gasteiger partial charge < -0.3 is 14.5 Å². The van der Waals surface area contributed by atoms with Gasteiger partial charge in [-0.25, -0.2) is 4.98 Å². The number of hydrogen-bond acceptors (Lipinski definition) is 5. The number of ether oxygens (including phenoxy) is 1. The van der Waals surface area contributed by atoms with E-state index in [4.69, 9.17) is 9.72 Å². The molecule has 0 aliphatic carbocycles. The molecule has 1 aliphatic heterocycles. The molecule has 0 atom stereocenters. The van der Waals surface area contributed by atoms with Gasteiger partial charge in [-0.2, -0.15) is 0 Å². The molecule has 2 amide bonds. The summed E-state index contributed by atoms with van der Waals surface area (Å²) in [5.74, 6) is 0.795. The third-order valence-corrected chi connectivity index (χ3v) is 7.67. The van der Waals surface area contributed by atoms with Crippen LogP contribution in [0.2, 0.25) is 0 Å². The maximum absolute atomic E-state index is 13.8. The molecule has 1 saturated heterocycles. The molecule has 0 saturated carbocycles. The zero-order chi connectivity index (χ0) is 25.8. The topological polar surface area (TPSA) is 62.7 Å². The molecule has 5 rings (SSSR count). The van der Waals surface area contributed by atoms with Gasteiger partial charge in [0.1, 0.15) is 5.75 Å². The van der Waals surface area contributed by atoms with Crippen molar-refractivity contribution in [3.63, 3.8) is 0 Å². The van der Waals surface area contributed by atoms with Crippen LogP contribution in [0.1, 0.15) is 40.7 Å². The second-order valence-corrected chi connectivity index (χ2v) is 10.4. The molecule has 1 aliphatic rings. The number of methoxy groups -OCH3 is 1. The van der Waals surface area contributed by atoms with Crippen molar-refractivity contribution in [3.8, 4) is 16.3 Å². The number of amides is 2. The Kier molecular flexibility index (Phi) is 7.51. The number of rotatable bonds is 9. The Balaban J connectivity index is 1.49. The molecule has 190 valence electrons. The average Bonchev–Trinajstić information content (AvgIpc) is 3.59. The molecule has 37 heavy (non-hydrogen) atoms. The Morgan fingerprint density at radius 1 is 1.14 bits per heavy atom. The minimum absolute atomic E-state index is 0.0619. The number of pyridine rings is 1. The van der Waals surface area contributed by atoms with Gasteiger partial charge in [-0.05, 0) is 73.2 Å². The van der Waals surface area contributed by atoms with E-state index in [0.717, 1.165) is 46.4 Å². The van der Waals surface area contributed by atoms with Gasteiger partial charge in [-0.3, -0.25) is 9.59 Å². The number of aryl methyl sites for hydroxylation is 1. The van der Waals surface area contributed by atoms with E-state index in [9.17, 15) is 9.59 Å². The summed E-state index contributed by atoms with van der Waals surface area (Å²) in [7, 11) is 1.60. The number of aromatic nitrogens is 1. The van der Waals surface area contributed by atoms with Crippen LogP contribution in [0, 0.1) is 6.92 Å². The Morgan fingerprint density at radius 2 is 2.03 bits per heavy atom. The van der Waals surface area contributed by atoms with Gasteiger partial charge in [0.05, 0.1) is 23.2 Å². The van der Waals surface area contributed by atoms with Gasteiger partial charge in [0.25, 0.3) is 5.91 Å². The lowest BCUT2D eigenvalue weighted by molar-refractivity contribution is -0.127. The summed E-state index contributed by atoms with van der Waals surface area (Å²) in [5.41, 5.74) is 4.61. The maximum atomic E-state index is 13.8. The Morgan fingerprint density at radius 3 is 2.78 bits per heavy atom. The SMILES string of the molecule is COc1cccc(C(=O)N(CCCN2CCCC2=O)Cc2cc3cc(C)ccc3nc2-c2cccs2)c1. The monoisotopic (exact) mass is 513 g/mol. The van der Waals surface area contributed by atoms with Crippen LogP contribution in [0.5, 0.6) is 5.75 Å². The van der Waals surface area contributed by atoms with Crippen LogP contribution in [-0.4, -0.2) is 53.3 Å². The Hall–Kier alpha value is -3.71. The van der Waals surface area contributed by atoms with Crippen molar-refractivity contribution in [2.24, 2.45) is 0 Å². The molecule has 0 unspecified atom stereocenters. The van der Waals surface area contributed by atoms with Gasteiger partial charge in [0.2, 0.25) is 5.91 Å². The van der Waals surface area contributed by atoms with Crippen LogP contribution in [-0.2, 0) is 11.3 Å². The fraction of sp³-hybridized carbons (Fsp3) is 0.300. The number of thiophene rings is 1. The maximum Gasteiger partial charge on any atom is 0.254 e. The van der Waals surface area contributed by atoms with E-state index < -0.39 is 0 Å². The van der Waals surface area contributed by atoms with Gasteiger partial charge in [0.15, 0.2) is 0 Å². The lowest BCUT2D eigenvalue weighted by Crippen LogP contribution is -2.34. The molecular weight excluding hydrogens is 482 g/mol. The lowest BCUT2D eigenvalue weighted by Gasteiger charge is -2.26. The van der Waals surface area contributed by atoms with Crippen molar-refractivity contribution < 1.29 is 14.3 Å². The Bertz CT molecular complexity index is 1420. The minimum Gasteiger partial charge on any atom is -0.497 e. The predicted molar refractivity (Wildman–Crippen MR) is 148 cm³/mol. The number of carbonyl (C=O) groups excluding carboxylic acids is 2. The molecule has 0 radical (unpaired) electrons. The molecule has 2 aromatic heterocycles. The highest BCUT2D eigenvalue weighted by Crippen LogP contribution is 2.31. The first-order chi connectivity index (χ1) is 18.0. The van der Waals surface area contributed by atoms with Gasteiger partial charge in [-0.1, -0.05) is 23.8 Å². The van der Waals surface area contributed by atoms with Crippen molar-refractivity contribution in [2.75, 3.05) is 26.7 Å². The first-order valence-corrected chi connectivity index (χ1v) is 13.5. The Labute approximate surface area is 221 Å². The summed E-state index contributed by atoms with van der Waals surface area (Å²) in [6.45, 7) is 4.50. The zero-order valence-electron chi connectivity index (χ0n) is 21.3. The third-order valence-electron chi connectivity index (χ3n) is 6.80. The number of carbonyl (C=O) groups is 2. The van der Waals surface area contributed by atoms with E-state index in [2.05, 4.69) is 37.3 Å². The average molecular weight is 514 g/mol. The molecular formula is C30H31N3O3S. The quantitative estimate of drug-likeness (QED) is 0.278. The smallest absolute Gasteiger partial charge is 0.254 e. The number of benzene rings is 2. The fourth-order valence-electron chi connectivity index (χ4n) is 4.88.